The number of aliphatic imine (C=N–C) groups is 1. The number of hydrogen-bond acceptors (Lipinski definition) is 1. The van der Waals surface area contributed by atoms with Crippen LogP contribution in [0.15, 0.2) is 17.1 Å². The smallest absolute Gasteiger partial charge is 0.277 e. The van der Waals surface area contributed by atoms with Gasteiger partial charge in [0.1, 0.15) is 11.9 Å². The normalized spacial score (nSPS) is 25.1. The van der Waals surface area contributed by atoms with Crippen molar-refractivity contribution in [3.05, 3.63) is 12.2 Å². The number of hydrogen-bond donors (Lipinski definition) is 0. The molecule has 0 saturated heterocycles. The van der Waals surface area contributed by atoms with Gasteiger partial charge in [0, 0.05) is 0 Å². The summed E-state index contributed by atoms with van der Waals surface area (Å²) in [5.41, 5.74) is -1.01. The lowest BCUT2D eigenvalue weighted by Crippen LogP contribution is -2.25. The third-order valence-corrected chi connectivity index (χ3v) is 1.19. The van der Waals surface area contributed by atoms with Crippen molar-refractivity contribution in [1.82, 2.24) is 0 Å². The molecule has 0 spiro atoms. The van der Waals surface area contributed by atoms with Gasteiger partial charge in [0.2, 0.25) is 0 Å². The summed E-state index contributed by atoms with van der Waals surface area (Å²) in [6, 6.07) is 0. The van der Waals surface area contributed by atoms with Gasteiger partial charge >= 0.3 is 6.18 Å². The van der Waals surface area contributed by atoms with E-state index in [1.165, 1.54) is 0 Å². The van der Waals surface area contributed by atoms with Crippen molar-refractivity contribution in [1.29, 1.82) is 0 Å². The van der Waals surface area contributed by atoms with Crippen molar-refractivity contribution in [3.8, 4) is 0 Å². The van der Waals surface area contributed by atoms with Crippen molar-refractivity contribution in [3.63, 3.8) is 0 Å². The van der Waals surface area contributed by atoms with E-state index in [2.05, 4.69) is 4.99 Å². The van der Waals surface area contributed by atoms with Crippen LogP contribution in [0.5, 0.6) is 0 Å². The molecule has 0 saturated carbocycles. The van der Waals surface area contributed by atoms with E-state index in [-0.39, 0.29) is 0 Å². The molecule has 0 fully saturated rings. The molecule has 0 aliphatic carbocycles. The summed E-state index contributed by atoms with van der Waals surface area (Å²) in [6.07, 6.45) is -4.30. The van der Waals surface area contributed by atoms with Crippen LogP contribution in [0.25, 0.3) is 0 Å². The average molecular weight is 167 g/mol. The summed E-state index contributed by atoms with van der Waals surface area (Å²) in [5.74, 6) is 0. The van der Waals surface area contributed by atoms with Crippen LogP contribution in [0, 0.1) is 0 Å². The highest BCUT2D eigenvalue weighted by Crippen LogP contribution is 2.20. The fraction of sp³-hybridized carbons (Fsp3) is 0.500. The van der Waals surface area contributed by atoms with Crippen LogP contribution in [0.3, 0.4) is 0 Å². The molecule has 11 heavy (non-hydrogen) atoms. The zero-order chi connectivity index (χ0) is 8.48. The van der Waals surface area contributed by atoms with Gasteiger partial charge in [-0.05, 0) is 12.2 Å². The zero-order valence-corrected chi connectivity index (χ0v) is 5.40. The van der Waals surface area contributed by atoms with E-state index in [1.807, 2.05) is 0 Å². The molecule has 0 amide bonds. The van der Waals surface area contributed by atoms with Crippen LogP contribution in [0.2, 0.25) is 0 Å². The highest BCUT2D eigenvalue weighted by Gasteiger charge is 2.34. The maximum absolute atomic E-state index is 12.2. The summed E-state index contributed by atoms with van der Waals surface area (Å²) < 4.78 is 47.5. The number of halogens is 4. The highest BCUT2D eigenvalue weighted by molar-refractivity contribution is 6.00. The second kappa shape index (κ2) is 2.64. The number of allylic oxidation sites excluding steroid dienone is 1. The Morgan fingerprint density at radius 3 is 2.45 bits per heavy atom. The van der Waals surface area contributed by atoms with E-state index in [0.717, 1.165) is 6.08 Å². The third kappa shape index (κ3) is 2.03. The van der Waals surface area contributed by atoms with Gasteiger partial charge in [-0.2, -0.15) is 13.2 Å². The number of alkyl halides is 4. The Hall–Kier alpha value is -0.870. The van der Waals surface area contributed by atoms with Crippen molar-refractivity contribution in [2.45, 2.75) is 12.3 Å². The maximum atomic E-state index is 12.2. The van der Waals surface area contributed by atoms with Gasteiger partial charge in [0.05, 0.1) is 6.54 Å². The van der Waals surface area contributed by atoms with Crippen LogP contribution in [0.4, 0.5) is 17.6 Å². The number of nitrogens with zero attached hydrogens (tertiary/aromatic N) is 1. The molecule has 0 aromatic heterocycles. The van der Waals surface area contributed by atoms with Crippen molar-refractivity contribution >= 4 is 5.71 Å². The Bertz CT molecular complexity index is 203. The standard InChI is InChI=1S/C6H5F4N/c7-4-1-2-5(11-3-4)6(8,9)10/h1-2,4H,3H2. The van der Waals surface area contributed by atoms with Crippen molar-refractivity contribution < 1.29 is 17.6 Å². The second-order valence-corrected chi connectivity index (χ2v) is 2.10. The minimum atomic E-state index is -4.45. The summed E-state index contributed by atoms with van der Waals surface area (Å²) in [7, 11) is 0. The first-order valence-corrected chi connectivity index (χ1v) is 2.94. The minimum Gasteiger partial charge on any atom is -0.277 e. The molecule has 1 atom stereocenters. The zero-order valence-electron chi connectivity index (χ0n) is 5.40. The molecule has 1 heterocycles. The monoisotopic (exact) mass is 167 g/mol. The topological polar surface area (TPSA) is 12.4 Å². The SMILES string of the molecule is FC1C=CC(C(F)(F)F)=NC1. The van der Waals surface area contributed by atoms with E-state index in [9.17, 15) is 17.6 Å². The van der Waals surface area contributed by atoms with Gasteiger partial charge in [-0.3, -0.25) is 4.99 Å². The van der Waals surface area contributed by atoms with Gasteiger partial charge in [-0.25, -0.2) is 4.39 Å². The van der Waals surface area contributed by atoms with E-state index >= 15 is 0 Å². The van der Waals surface area contributed by atoms with E-state index in [4.69, 9.17) is 0 Å². The molecule has 1 unspecified atom stereocenters. The average Bonchev–Trinajstić information content (AvgIpc) is 1.86. The molecular formula is C6H5F4N. The largest absolute Gasteiger partial charge is 0.432 e. The quantitative estimate of drug-likeness (QED) is 0.488. The highest BCUT2D eigenvalue weighted by atomic mass is 19.4. The molecule has 1 nitrogen and oxygen atoms in total. The second-order valence-electron chi connectivity index (χ2n) is 2.10. The Kier molecular flexibility index (Phi) is 1.97. The lowest BCUT2D eigenvalue weighted by atomic mass is 10.2. The predicted molar refractivity (Wildman–Crippen MR) is 32.4 cm³/mol. The fourth-order valence-electron chi connectivity index (χ4n) is 0.679. The van der Waals surface area contributed by atoms with Crippen LogP contribution in [0.1, 0.15) is 0 Å². The molecule has 1 rings (SSSR count). The molecule has 0 radical (unpaired) electrons. The lowest BCUT2D eigenvalue weighted by Gasteiger charge is -2.11. The van der Waals surface area contributed by atoms with Crippen molar-refractivity contribution in [2.24, 2.45) is 4.99 Å². The van der Waals surface area contributed by atoms with Gasteiger partial charge in [0.15, 0.2) is 0 Å². The summed E-state index contributed by atoms with van der Waals surface area (Å²) >= 11 is 0. The molecule has 0 aromatic rings. The van der Waals surface area contributed by atoms with Crippen LogP contribution in [-0.2, 0) is 0 Å². The summed E-state index contributed by atoms with van der Waals surface area (Å²) in [6.45, 7) is -0.425. The molecule has 62 valence electrons. The minimum absolute atomic E-state index is 0.425. The van der Waals surface area contributed by atoms with Gasteiger partial charge in [0.25, 0.3) is 0 Å². The van der Waals surface area contributed by atoms with Gasteiger partial charge < -0.3 is 0 Å². The molecular weight excluding hydrogens is 162 g/mol. The molecule has 0 aromatic carbocycles. The summed E-state index contributed by atoms with van der Waals surface area (Å²) in [4.78, 5) is 3.01. The summed E-state index contributed by atoms with van der Waals surface area (Å²) in [5, 5.41) is 0. The third-order valence-electron chi connectivity index (χ3n) is 1.19. The van der Waals surface area contributed by atoms with Gasteiger partial charge in [-0.15, -0.1) is 0 Å². The first-order chi connectivity index (χ1) is 5.00. The van der Waals surface area contributed by atoms with E-state index in [1.54, 1.807) is 0 Å². The Balaban J connectivity index is 2.71. The molecule has 1 aliphatic heterocycles. The van der Waals surface area contributed by atoms with Crippen molar-refractivity contribution in [2.75, 3.05) is 6.54 Å². The first-order valence-electron chi connectivity index (χ1n) is 2.94. The fourth-order valence-corrected chi connectivity index (χ4v) is 0.679. The Morgan fingerprint density at radius 2 is 2.09 bits per heavy atom. The lowest BCUT2D eigenvalue weighted by molar-refractivity contribution is -0.0580. The molecule has 0 bridgehead atoms. The van der Waals surface area contributed by atoms with Crippen LogP contribution < -0.4 is 0 Å². The molecule has 5 heteroatoms. The number of dihydropyridines is 1. The van der Waals surface area contributed by atoms with E-state index in [0.29, 0.717) is 6.08 Å². The maximum Gasteiger partial charge on any atom is 0.432 e. The number of rotatable bonds is 0. The van der Waals surface area contributed by atoms with E-state index < -0.39 is 24.6 Å². The van der Waals surface area contributed by atoms with Crippen LogP contribution in [-0.4, -0.2) is 24.6 Å². The van der Waals surface area contributed by atoms with Crippen LogP contribution >= 0.6 is 0 Å². The Labute approximate surface area is 60.4 Å². The molecule has 0 N–H and O–H groups in total. The van der Waals surface area contributed by atoms with Gasteiger partial charge in [-0.1, -0.05) is 0 Å². The Morgan fingerprint density at radius 1 is 1.45 bits per heavy atom. The predicted octanol–water partition coefficient (Wildman–Crippen LogP) is 1.90. The molecule has 1 aliphatic rings. The first kappa shape index (κ1) is 8.23.